The molecule has 9 heteroatoms. The number of amides is 3. The van der Waals surface area contributed by atoms with Gasteiger partial charge in [0.1, 0.15) is 5.76 Å². The van der Waals surface area contributed by atoms with E-state index in [1.54, 1.807) is 25.1 Å². The van der Waals surface area contributed by atoms with Crippen molar-refractivity contribution < 1.29 is 18.9 Å². The molecule has 166 valence electrons. The largest absolute Gasteiger partial charge is 0.360 e. The minimum Gasteiger partial charge on any atom is -0.360 e. The van der Waals surface area contributed by atoms with Gasteiger partial charge in [0.15, 0.2) is 5.82 Å². The molecule has 1 unspecified atom stereocenters. The Morgan fingerprint density at radius 2 is 1.87 bits per heavy atom. The third-order valence-electron chi connectivity index (χ3n) is 5.17. The van der Waals surface area contributed by atoms with E-state index in [1.165, 1.54) is 11.8 Å². The molecule has 0 radical (unpaired) electrons. The molecule has 3 amide bonds. The summed E-state index contributed by atoms with van der Waals surface area (Å²) >= 11 is 1.20. The maximum Gasteiger partial charge on any atom is 0.254 e. The van der Waals surface area contributed by atoms with Gasteiger partial charge in [0.05, 0.1) is 11.5 Å². The second kappa shape index (κ2) is 10.5. The van der Waals surface area contributed by atoms with Gasteiger partial charge in [-0.3, -0.25) is 14.4 Å². The van der Waals surface area contributed by atoms with Crippen molar-refractivity contribution in [2.45, 2.75) is 46.1 Å². The number of hydrogen-bond acceptors (Lipinski definition) is 6. The number of benzene rings is 1. The molecule has 8 nitrogen and oxygen atoms in total. The van der Waals surface area contributed by atoms with Crippen LogP contribution >= 0.6 is 11.8 Å². The number of anilines is 2. The molecule has 1 aromatic carbocycles. The molecule has 1 fully saturated rings. The van der Waals surface area contributed by atoms with Crippen molar-refractivity contribution >= 4 is 41.0 Å². The van der Waals surface area contributed by atoms with Crippen molar-refractivity contribution in [1.82, 2.24) is 10.1 Å². The molecule has 0 saturated carbocycles. The van der Waals surface area contributed by atoms with Gasteiger partial charge in [-0.1, -0.05) is 5.16 Å². The highest BCUT2D eigenvalue weighted by Crippen LogP contribution is 2.22. The fraction of sp³-hybridized carbons (Fsp3) is 0.455. The molecule has 1 aliphatic rings. The first-order valence-electron chi connectivity index (χ1n) is 10.4. The van der Waals surface area contributed by atoms with Crippen LogP contribution in [-0.4, -0.2) is 51.9 Å². The Balaban J connectivity index is 1.47. The van der Waals surface area contributed by atoms with Crippen LogP contribution in [0.2, 0.25) is 0 Å². The standard InChI is InChI=1S/C22H28N4O4S/c1-14-10-17(22(29)26-9-5-4-6-15(26)2)7-8-18(14)23-20(27)12-31-13-21(28)24-19-11-16(3)30-25-19/h7-8,10-11,15H,4-6,9,12-13H2,1-3H3,(H,23,27)(H,24,25,28). The van der Waals surface area contributed by atoms with E-state index in [4.69, 9.17) is 4.52 Å². The third kappa shape index (κ3) is 6.33. The number of piperidine rings is 1. The van der Waals surface area contributed by atoms with Crippen LogP contribution in [0.4, 0.5) is 11.5 Å². The number of aryl methyl sites for hydroxylation is 2. The molecule has 1 aromatic heterocycles. The van der Waals surface area contributed by atoms with Crippen LogP contribution in [0.15, 0.2) is 28.8 Å². The zero-order chi connectivity index (χ0) is 22.4. The summed E-state index contributed by atoms with van der Waals surface area (Å²) in [6.45, 7) is 6.48. The zero-order valence-electron chi connectivity index (χ0n) is 18.1. The highest BCUT2D eigenvalue weighted by atomic mass is 32.2. The molecule has 3 rings (SSSR count). The minimum absolute atomic E-state index is 0.0389. The van der Waals surface area contributed by atoms with Gasteiger partial charge in [0.2, 0.25) is 11.8 Å². The summed E-state index contributed by atoms with van der Waals surface area (Å²) in [4.78, 5) is 38.9. The number of carbonyl (C=O) groups is 3. The highest BCUT2D eigenvalue weighted by molar-refractivity contribution is 8.00. The Kier molecular flexibility index (Phi) is 7.73. The molecule has 2 aromatic rings. The van der Waals surface area contributed by atoms with Crippen molar-refractivity contribution in [1.29, 1.82) is 0 Å². The number of thioether (sulfide) groups is 1. The summed E-state index contributed by atoms with van der Waals surface area (Å²) in [5.41, 5.74) is 2.13. The molecule has 1 atom stereocenters. The average molecular weight is 445 g/mol. The Morgan fingerprint density at radius 1 is 1.13 bits per heavy atom. The molecule has 0 aliphatic carbocycles. The van der Waals surface area contributed by atoms with Crippen LogP contribution in [0.25, 0.3) is 0 Å². The van der Waals surface area contributed by atoms with E-state index < -0.39 is 0 Å². The van der Waals surface area contributed by atoms with E-state index in [0.717, 1.165) is 31.4 Å². The average Bonchev–Trinajstić information content (AvgIpc) is 3.13. The van der Waals surface area contributed by atoms with Gasteiger partial charge >= 0.3 is 0 Å². The van der Waals surface area contributed by atoms with Crippen LogP contribution in [0.5, 0.6) is 0 Å². The molecule has 0 spiro atoms. The molecule has 0 bridgehead atoms. The van der Waals surface area contributed by atoms with Crippen molar-refractivity contribution in [3.05, 3.63) is 41.2 Å². The van der Waals surface area contributed by atoms with Gasteiger partial charge in [-0.25, -0.2) is 0 Å². The topological polar surface area (TPSA) is 105 Å². The molecule has 1 aliphatic heterocycles. The maximum atomic E-state index is 12.8. The number of nitrogens with one attached hydrogen (secondary N) is 2. The molecule has 31 heavy (non-hydrogen) atoms. The van der Waals surface area contributed by atoms with Crippen molar-refractivity contribution in [2.24, 2.45) is 0 Å². The van der Waals surface area contributed by atoms with Crippen LogP contribution in [0, 0.1) is 13.8 Å². The van der Waals surface area contributed by atoms with Crippen molar-refractivity contribution in [3.8, 4) is 0 Å². The number of rotatable bonds is 7. The zero-order valence-corrected chi connectivity index (χ0v) is 18.9. The predicted molar refractivity (Wildman–Crippen MR) is 121 cm³/mol. The second-order valence-corrected chi connectivity index (χ2v) is 8.77. The Labute approximate surface area is 186 Å². The lowest BCUT2D eigenvalue weighted by Crippen LogP contribution is -2.42. The molecular formula is C22H28N4O4S. The van der Waals surface area contributed by atoms with Gasteiger partial charge in [0, 0.05) is 29.9 Å². The maximum absolute atomic E-state index is 12.8. The van der Waals surface area contributed by atoms with Gasteiger partial charge in [-0.15, -0.1) is 11.8 Å². The molecule has 2 N–H and O–H groups in total. The van der Waals surface area contributed by atoms with Crippen molar-refractivity contribution in [2.75, 3.05) is 28.7 Å². The minimum atomic E-state index is -0.253. The van der Waals surface area contributed by atoms with E-state index in [0.29, 0.717) is 22.8 Å². The SMILES string of the molecule is Cc1cc(NC(=O)CSCC(=O)Nc2ccc(C(=O)N3CCCCC3C)cc2C)no1. The van der Waals surface area contributed by atoms with Gasteiger partial charge in [-0.05, 0) is 63.8 Å². The smallest absolute Gasteiger partial charge is 0.254 e. The van der Waals surface area contributed by atoms with E-state index >= 15 is 0 Å². The third-order valence-corrected chi connectivity index (χ3v) is 6.11. The summed E-state index contributed by atoms with van der Waals surface area (Å²) in [5, 5.41) is 9.15. The lowest BCUT2D eigenvalue weighted by molar-refractivity contribution is -0.114. The van der Waals surface area contributed by atoms with Crippen LogP contribution < -0.4 is 10.6 Å². The number of hydrogen-bond donors (Lipinski definition) is 2. The van der Waals surface area contributed by atoms with Crippen LogP contribution in [0.3, 0.4) is 0 Å². The predicted octanol–water partition coefficient (Wildman–Crippen LogP) is 3.62. The summed E-state index contributed by atoms with van der Waals surface area (Å²) in [6, 6.07) is 7.22. The fourth-order valence-corrected chi connectivity index (χ4v) is 4.15. The first-order valence-corrected chi connectivity index (χ1v) is 11.5. The van der Waals surface area contributed by atoms with Crippen molar-refractivity contribution in [3.63, 3.8) is 0 Å². The Hall–Kier alpha value is -2.81. The number of aromatic nitrogens is 1. The normalized spacial score (nSPS) is 16.1. The highest BCUT2D eigenvalue weighted by Gasteiger charge is 2.24. The van der Waals surface area contributed by atoms with E-state index in [-0.39, 0.29) is 35.3 Å². The molecular weight excluding hydrogens is 416 g/mol. The summed E-state index contributed by atoms with van der Waals surface area (Å²) < 4.78 is 4.89. The van der Waals surface area contributed by atoms with E-state index in [9.17, 15) is 14.4 Å². The second-order valence-electron chi connectivity index (χ2n) is 7.79. The molecule has 2 heterocycles. The first kappa shape index (κ1) is 22.9. The van der Waals surface area contributed by atoms with E-state index in [1.807, 2.05) is 17.9 Å². The molecule has 1 saturated heterocycles. The van der Waals surface area contributed by atoms with Gasteiger partial charge < -0.3 is 20.1 Å². The van der Waals surface area contributed by atoms with Gasteiger partial charge in [0.25, 0.3) is 5.91 Å². The summed E-state index contributed by atoms with van der Waals surface area (Å²) in [5.74, 6) is 0.805. The summed E-state index contributed by atoms with van der Waals surface area (Å²) in [6.07, 6.45) is 3.23. The lowest BCUT2D eigenvalue weighted by atomic mass is 10.0. The van der Waals surface area contributed by atoms with Crippen LogP contribution in [-0.2, 0) is 9.59 Å². The first-order chi connectivity index (χ1) is 14.8. The van der Waals surface area contributed by atoms with E-state index in [2.05, 4.69) is 22.7 Å². The quantitative estimate of drug-likeness (QED) is 0.676. The summed E-state index contributed by atoms with van der Waals surface area (Å²) in [7, 11) is 0. The number of likely N-dealkylation sites (tertiary alicyclic amines) is 1. The van der Waals surface area contributed by atoms with Crippen LogP contribution in [0.1, 0.15) is 47.9 Å². The number of nitrogens with zero attached hydrogens (tertiary/aromatic N) is 2. The fourth-order valence-electron chi connectivity index (χ4n) is 3.53. The number of carbonyl (C=O) groups excluding carboxylic acids is 3. The lowest BCUT2D eigenvalue weighted by Gasteiger charge is -2.33. The Bertz CT molecular complexity index is 959. The monoisotopic (exact) mass is 444 g/mol. The van der Waals surface area contributed by atoms with Gasteiger partial charge in [-0.2, -0.15) is 0 Å². The Morgan fingerprint density at radius 3 is 2.52 bits per heavy atom.